The number of likely N-dealkylation sites (N-methyl/N-ethyl adjacent to an activating group) is 1. The van der Waals surface area contributed by atoms with Gasteiger partial charge in [0.25, 0.3) is 0 Å². The van der Waals surface area contributed by atoms with Crippen LogP contribution in [0.4, 0.5) is 0 Å². The summed E-state index contributed by atoms with van der Waals surface area (Å²) in [6.07, 6.45) is 0. The van der Waals surface area contributed by atoms with Crippen molar-refractivity contribution >= 4 is 0 Å². The van der Waals surface area contributed by atoms with E-state index in [-0.39, 0.29) is 5.54 Å². The molecule has 0 aliphatic carbocycles. The maximum Gasteiger partial charge on any atom is 0.127 e. The fourth-order valence-corrected chi connectivity index (χ4v) is 2.05. The van der Waals surface area contributed by atoms with Crippen LogP contribution in [-0.4, -0.2) is 44.8 Å². The van der Waals surface area contributed by atoms with Crippen molar-refractivity contribution < 1.29 is 9.47 Å². The van der Waals surface area contributed by atoms with Crippen LogP contribution < -0.4 is 14.8 Å². The summed E-state index contributed by atoms with van der Waals surface area (Å²) in [5, 5.41) is 3.49. The highest BCUT2D eigenvalue weighted by atomic mass is 16.5. The van der Waals surface area contributed by atoms with Gasteiger partial charge in [-0.05, 0) is 40.0 Å². The number of ether oxygens (including phenoxy) is 2. The average Bonchev–Trinajstić information content (AvgIpc) is 2.37. The third-order valence-electron chi connectivity index (χ3n) is 3.11. The zero-order chi connectivity index (χ0) is 15.2. The normalized spacial score (nSPS) is 11.8. The molecule has 0 heterocycles. The Morgan fingerprint density at radius 1 is 1.10 bits per heavy atom. The van der Waals surface area contributed by atoms with E-state index in [9.17, 15) is 0 Å². The van der Waals surface area contributed by atoms with Gasteiger partial charge in [0.15, 0.2) is 0 Å². The quantitative estimate of drug-likeness (QED) is 0.832. The van der Waals surface area contributed by atoms with Gasteiger partial charge in [0.2, 0.25) is 0 Å². The lowest BCUT2D eigenvalue weighted by Crippen LogP contribution is -2.40. The van der Waals surface area contributed by atoms with E-state index in [4.69, 9.17) is 9.47 Å². The molecule has 0 fully saturated rings. The van der Waals surface area contributed by atoms with E-state index in [2.05, 4.69) is 38.0 Å². The summed E-state index contributed by atoms with van der Waals surface area (Å²) in [5.74, 6) is 1.75. The summed E-state index contributed by atoms with van der Waals surface area (Å²) in [6.45, 7) is 9.26. The molecule has 0 aliphatic heterocycles. The molecule has 114 valence electrons. The Balaban J connectivity index is 2.63. The second kappa shape index (κ2) is 7.50. The summed E-state index contributed by atoms with van der Waals surface area (Å²) < 4.78 is 10.9. The van der Waals surface area contributed by atoms with Gasteiger partial charge in [0, 0.05) is 25.2 Å². The predicted octanol–water partition coefficient (Wildman–Crippen LogP) is 2.52. The Labute approximate surface area is 123 Å². The first-order valence-corrected chi connectivity index (χ1v) is 7.01. The smallest absolute Gasteiger partial charge is 0.127 e. The molecular formula is C16H28N2O2. The minimum atomic E-state index is 0.156. The molecule has 1 aromatic rings. The Morgan fingerprint density at radius 2 is 1.65 bits per heavy atom. The summed E-state index contributed by atoms with van der Waals surface area (Å²) in [4.78, 5) is 2.26. The predicted molar refractivity (Wildman–Crippen MR) is 83.6 cm³/mol. The number of hydrogen-bond acceptors (Lipinski definition) is 4. The van der Waals surface area contributed by atoms with Gasteiger partial charge >= 0.3 is 0 Å². The largest absolute Gasteiger partial charge is 0.496 e. The van der Waals surface area contributed by atoms with Crippen molar-refractivity contribution in [2.24, 2.45) is 0 Å². The molecule has 0 saturated heterocycles. The van der Waals surface area contributed by atoms with Crippen LogP contribution in [0.1, 0.15) is 26.3 Å². The summed E-state index contributed by atoms with van der Waals surface area (Å²) in [5.41, 5.74) is 1.25. The molecule has 0 atom stereocenters. The molecule has 0 amide bonds. The summed E-state index contributed by atoms with van der Waals surface area (Å²) in [7, 11) is 5.50. The first-order valence-electron chi connectivity index (χ1n) is 7.01. The van der Waals surface area contributed by atoms with Crippen LogP contribution in [0.15, 0.2) is 18.2 Å². The van der Waals surface area contributed by atoms with Crippen LogP contribution in [0, 0.1) is 0 Å². The molecule has 4 heteroatoms. The first-order chi connectivity index (χ1) is 9.37. The van der Waals surface area contributed by atoms with Crippen molar-refractivity contribution in [2.75, 3.05) is 34.4 Å². The van der Waals surface area contributed by atoms with E-state index in [1.165, 1.54) is 0 Å². The van der Waals surface area contributed by atoms with Crippen LogP contribution in [0.5, 0.6) is 11.5 Å². The third kappa shape index (κ3) is 5.39. The lowest BCUT2D eigenvalue weighted by molar-refractivity contribution is 0.290. The van der Waals surface area contributed by atoms with Gasteiger partial charge in [-0.25, -0.2) is 0 Å². The number of nitrogens with one attached hydrogen (secondary N) is 1. The molecule has 1 aromatic carbocycles. The Bertz CT molecular complexity index is 391. The highest BCUT2D eigenvalue weighted by Crippen LogP contribution is 2.29. The van der Waals surface area contributed by atoms with Crippen LogP contribution in [0.25, 0.3) is 0 Å². The Morgan fingerprint density at radius 3 is 2.10 bits per heavy atom. The molecule has 0 bridgehead atoms. The van der Waals surface area contributed by atoms with E-state index in [1.54, 1.807) is 14.2 Å². The number of methoxy groups -OCH3 is 2. The summed E-state index contributed by atoms with van der Waals surface area (Å²) in [6, 6.07) is 5.89. The fraction of sp³-hybridized carbons (Fsp3) is 0.625. The van der Waals surface area contributed by atoms with Crippen LogP contribution in [0.2, 0.25) is 0 Å². The molecule has 0 unspecified atom stereocenters. The standard InChI is InChI=1S/C16H28N2O2/c1-16(2,3)17-10-11-18(4)12-13-14(19-5)8-7-9-15(13)20-6/h7-9,17H,10-12H2,1-6H3. The first kappa shape index (κ1) is 16.8. The van der Waals surface area contributed by atoms with Gasteiger partial charge in [0.1, 0.15) is 11.5 Å². The molecule has 0 radical (unpaired) electrons. The lowest BCUT2D eigenvalue weighted by Gasteiger charge is -2.24. The van der Waals surface area contributed by atoms with E-state index in [1.807, 2.05) is 18.2 Å². The summed E-state index contributed by atoms with van der Waals surface area (Å²) >= 11 is 0. The molecule has 4 nitrogen and oxygen atoms in total. The highest BCUT2D eigenvalue weighted by molar-refractivity contribution is 5.44. The van der Waals surface area contributed by atoms with Crippen molar-refractivity contribution in [2.45, 2.75) is 32.9 Å². The van der Waals surface area contributed by atoms with Gasteiger partial charge in [0.05, 0.1) is 19.8 Å². The zero-order valence-electron chi connectivity index (χ0n) is 13.6. The minimum Gasteiger partial charge on any atom is -0.496 e. The monoisotopic (exact) mass is 280 g/mol. The molecule has 0 spiro atoms. The molecule has 0 aliphatic rings. The number of hydrogen-bond donors (Lipinski definition) is 1. The SMILES string of the molecule is COc1cccc(OC)c1CN(C)CCNC(C)(C)C. The van der Waals surface area contributed by atoms with Gasteiger partial charge in [-0.3, -0.25) is 0 Å². The second-order valence-corrected chi connectivity index (χ2v) is 6.06. The van der Waals surface area contributed by atoms with Gasteiger partial charge < -0.3 is 19.7 Å². The number of rotatable bonds is 7. The Kier molecular flexibility index (Phi) is 6.30. The van der Waals surface area contributed by atoms with Gasteiger partial charge in [-0.15, -0.1) is 0 Å². The van der Waals surface area contributed by atoms with Crippen molar-refractivity contribution in [3.05, 3.63) is 23.8 Å². The topological polar surface area (TPSA) is 33.7 Å². The number of nitrogens with zero attached hydrogens (tertiary/aromatic N) is 1. The molecule has 0 aromatic heterocycles. The highest BCUT2D eigenvalue weighted by Gasteiger charge is 2.13. The van der Waals surface area contributed by atoms with Crippen molar-refractivity contribution in [1.82, 2.24) is 10.2 Å². The molecular weight excluding hydrogens is 252 g/mol. The molecule has 20 heavy (non-hydrogen) atoms. The molecule has 1 rings (SSSR count). The Hall–Kier alpha value is -1.26. The van der Waals surface area contributed by atoms with Crippen LogP contribution in [0.3, 0.4) is 0 Å². The molecule has 1 N–H and O–H groups in total. The van der Waals surface area contributed by atoms with Gasteiger partial charge in [-0.2, -0.15) is 0 Å². The van der Waals surface area contributed by atoms with Crippen molar-refractivity contribution in [1.29, 1.82) is 0 Å². The third-order valence-corrected chi connectivity index (χ3v) is 3.11. The second-order valence-electron chi connectivity index (χ2n) is 6.06. The van der Waals surface area contributed by atoms with Crippen LogP contribution >= 0.6 is 0 Å². The van der Waals surface area contributed by atoms with Gasteiger partial charge in [-0.1, -0.05) is 6.07 Å². The molecule has 0 saturated carbocycles. The van der Waals surface area contributed by atoms with E-state index in [0.717, 1.165) is 36.7 Å². The van der Waals surface area contributed by atoms with E-state index >= 15 is 0 Å². The van der Waals surface area contributed by atoms with Crippen molar-refractivity contribution in [3.8, 4) is 11.5 Å². The van der Waals surface area contributed by atoms with E-state index in [0.29, 0.717) is 0 Å². The van der Waals surface area contributed by atoms with Crippen LogP contribution in [-0.2, 0) is 6.54 Å². The average molecular weight is 280 g/mol. The lowest BCUT2D eigenvalue weighted by atomic mass is 10.1. The number of benzene rings is 1. The maximum absolute atomic E-state index is 5.43. The fourth-order valence-electron chi connectivity index (χ4n) is 2.05. The minimum absolute atomic E-state index is 0.156. The van der Waals surface area contributed by atoms with Crippen molar-refractivity contribution in [3.63, 3.8) is 0 Å². The van der Waals surface area contributed by atoms with E-state index < -0.39 is 0 Å². The maximum atomic E-state index is 5.43. The zero-order valence-corrected chi connectivity index (χ0v) is 13.6.